The number of benzene rings is 1. The van der Waals surface area contributed by atoms with Crippen molar-refractivity contribution >= 4 is 34.8 Å². The molecule has 0 spiro atoms. The molecule has 3 atom stereocenters. The molecule has 0 saturated carbocycles. The Kier molecular flexibility index (Phi) is 4.79. The van der Waals surface area contributed by atoms with Crippen molar-refractivity contribution in [3.63, 3.8) is 0 Å². The van der Waals surface area contributed by atoms with Crippen LogP contribution in [0.3, 0.4) is 0 Å². The molecule has 1 heterocycles. The van der Waals surface area contributed by atoms with Crippen molar-refractivity contribution < 1.29 is 9.47 Å². The third-order valence-corrected chi connectivity index (χ3v) is 4.32. The second-order valence-electron chi connectivity index (χ2n) is 4.65. The molecule has 18 heavy (non-hydrogen) atoms. The Balaban J connectivity index is 1.97. The summed E-state index contributed by atoms with van der Waals surface area (Å²) >= 11 is 17.9. The minimum atomic E-state index is -0.166. The van der Waals surface area contributed by atoms with E-state index < -0.39 is 0 Å². The number of halogens is 3. The number of hydrogen-bond donors (Lipinski definition) is 0. The predicted octanol–water partition coefficient (Wildman–Crippen LogP) is 4.93. The highest BCUT2D eigenvalue weighted by atomic mass is 35.5. The van der Waals surface area contributed by atoms with Gasteiger partial charge in [0.2, 0.25) is 0 Å². The van der Waals surface area contributed by atoms with Crippen molar-refractivity contribution in [1.82, 2.24) is 0 Å². The van der Waals surface area contributed by atoms with E-state index in [-0.39, 0.29) is 12.4 Å². The van der Waals surface area contributed by atoms with E-state index in [2.05, 4.69) is 13.8 Å². The van der Waals surface area contributed by atoms with Crippen LogP contribution in [0.25, 0.3) is 0 Å². The molecule has 1 aromatic carbocycles. The summed E-state index contributed by atoms with van der Waals surface area (Å²) < 4.78 is 11.4. The fourth-order valence-corrected chi connectivity index (χ4v) is 2.51. The summed E-state index contributed by atoms with van der Waals surface area (Å²) in [6.45, 7) is 4.58. The summed E-state index contributed by atoms with van der Waals surface area (Å²) in [7, 11) is 0. The first-order valence-electron chi connectivity index (χ1n) is 5.88. The van der Waals surface area contributed by atoms with Crippen molar-refractivity contribution in [2.75, 3.05) is 0 Å². The lowest BCUT2D eigenvalue weighted by Gasteiger charge is -2.13. The van der Waals surface area contributed by atoms with Crippen LogP contribution in [0.15, 0.2) is 12.1 Å². The average Bonchev–Trinajstić information content (AvgIpc) is 2.62. The Labute approximate surface area is 122 Å². The molecule has 0 aromatic heterocycles. The Morgan fingerprint density at radius 3 is 2.44 bits per heavy atom. The summed E-state index contributed by atoms with van der Waals surface area (Å²) in [4.78, 5) is 0. The minimum absolute atomic E-state index is 0.166. The van der Waals surface area contributed by atoms with Crippen molar-refractivity contribution in [1.29, 1.82) is 0 Å². The number of ether oxygens (including phenoxy) is 2. The van der Waals surface area contributed by atoms with E-state index >= 15 is 0 Å². The number of hydrogen-bond acceptors (Lipinski definition) is 2. The van der Waals surface area contributed by atoms with Gasteiger partial charge in [-0.15, -0.1) is 0 Å². The zero-order chi connectivity index (χ0) is 13.3. The van der Waals surface area contributed by atoms with Crippen LogP contribution in [0.4, 0.5) is 0 Å². The molecule has 2 nitrogen and oxygen atoms in total. The zero-order valence-electron chi connectivity index (χ0n) is 10.3. The van der Waals surface area contributed by atoms with Crippen LogP contribution in [0.2, 0.25) is 15.1 Å². The lowest BCUT2D eigenvalue weighted by Crippen LogP contribution is -2.12. The van der Waals surface area contributed by atoms with E-state index in [4.69, 9.17) is 44.3 Å². The van der Waals surface area contributed by atoms with Gasteiger partial charge in [-0.1, -0.05) is 41.7 Å². The maximum absolute atomic E-state index is 6.08. The van der Waals surface area contributed by atoms with Gasteiger partial charge in [-0.3, -0.25) is 0 Å². The smallest absolute Gasteiger partial charge is 0.158 e. The molecule has 1 aliphatic rings. The third-order valence-electron chi connectivity index (χ3n) is 3.25. The second kappa shape index (κ2) is 5.98. The maximum Gasteiger partial charge on any atom is 0.158 e. The fraction of sp³-hybridized carbons (Fsp3) is 0.538. The summed E-state index contributed by atoms with van der Waals surface area (Å²) in [5, 5.41) is 1.49. The molecule has 0 bridgehead atoms. The summed E-state index contributed by atoms with van der Waals surface area (Å²) in [6, 6.07) is 3.36. The van der Waals surface area contributed by atoms with Crippen molar-refractivity contribution in [2.24, 2.45) is 5.92 Å². The first-order chi connectivity index (χ1) is 8.47. The van der Waals surface area contributed by atoms with Crippen LogP contribution in [0, 0.1) is 5.92 Å². The van der Waals surface area contributed by atoms with Crippen LogP contribution >= 0.6 is 34.8 Å². The zero-order valence-corrected chi connectivity index (χ0v) is 12.5. The molecule has 1 aromatic rings. The van der Waals surface area contributed by atoms with Gasteiger partial charge in [0.05, 0.1) is 22.8 Å². The normalized spacial score (nSPS) is 27.7. The second-order valence-corrected chi connectivity index (χ2v) is 5.87. The van der Waals surface area contributed by atoms with Gasteiger partial charge in [0.25, 0.3) is 0 Å². The first kappa shape index (κ1) is 14.4. The Morgan fingerprint density at radius 1 is 1.17 bits per heavy atom. The van der Waals surface area contributed by atoms with Crippen molar-refractivity contribution in [3.05, 3.63) is 32.8 Å². The molecule has 0 aliphatic carbocycles. The van der Waals surface area contributed by atoms with E-state index in [1.807, 2.05) is 0 Å². The number of rotatable bonds is 3. The van der Waals surface area contributed by atoms with Gasteiger partial charge < -0.3 is 9.47 Å². The van der Waals surface area contributed by atoms with E-state index in [0.717, 1.165) is 12.0 Å². The largest absolute Gasteiger partial charge is 0.349 e. The van der Waals surface area contributed by atoms with Gasteiger partial charge in [0.1, 0.15) is 0 Å². The fourth-order valence-electron chi connectivity index (χ4n) is 1.89. The van der Waals surface area contributed by atoms with Gasteiger partial charge in [-0.05, 0) is 30.5 Å². The van der Waals surface area contributed by atoms with Gasteiger partial charge in [-0.25, -0.2) is 0 Å². The lowest BCUT2D eigenvalue weighted by molar-refractivity contribution is -0.137. The summed E-state index contributed by atoms with van der Waals surface area (Å²) in [6.07, 6.45) is 0.972. The highest BCUT2D eigenvalue weighted by Crippen LogP contribution is 2.31. The molecular formula is C13H15Cl3O2. The quantitative estimate of drug-likeness (QED) is 0.737. The third kappa shape index (κ3) is 3.31. The molecule has 2 rings (SSSR count). The molecule has 1 unspecified atom stereocenters. The van der Waals surface area contributed by atoms with Crippen LogP contribution in [-0.4, -0.2) is 12.4 Å². The van der Waals surface area contributed by atoms with Crippen LogP contribution in [0.1, 0.15) is 25.8 Å². The SMILES string of the molecule is C[C@@H]1CC(OCc2cc(Cl)c(Cl)cc2Cl)O[C@H]1C. The van der Waals surface area contributed by atoms with Crippen LogP contribution in [-0.2, 0) is 16.1 Å². The molecule has 1 fully saturated rings. The predicted molar refractivity (Wildman–Crippen MR) is 74.4 cm³/mol. The van der Waals surface area contributed by atoms with E-state index in [9.17, 15) is 0 Å². The van der Waals surface area contributed by atoms with Crippen LogP contribution in [0.5, 0.6) is 0 Å². The lowest BCUT2D eigenvalue weighted by atomic mass is 10.1. The Morgan fingerprint density at radius 2 is 1.83 bits per heavy atom. The maximum atomic E-state index is 6.08. The summed E-state index contributed by atoms with van der Waals surface area (Å²) in [5.41, 5.74) is 0.821. The summed E-state index contributed by atoms with van der Waals surface area (Å²) in [5.74, 6) is 0.513. The van der Waals surface area contributed by atoms with E-state index in [1.54, 1.807) is 12.1 Å². The highest BCUT2D eigenvalue weighted by Gasteiger charge is 2.29. The molecule has 1 saturated heterocycles. The van der Waals surface area contributed by atoms with Gasteiger partial charge in [0, 0.05) is 11.4 Å². The average molecular weight is 310 g/mol. The molecular weight excluding hydrogens is 294 g/mol. The molecule has 1 aliphatic heterocycles. The van der Waals surface area contributed by atoms with Gasteiger partial charge in [-0.2, -0.15) is 0 Å². The molecule has 0 radical (unpaired) electrons. The molecule has 100 valence electrons. The van der Waals surface area contributed by atoms with Gasteiger partial charge >= 0.3 is 0 Å². The van der Waals surface area contributed by atoms with Crippen molar-refractivity contribution in [3.8, 4) is 0 Å². The molecule has 0 N–H and O–H groups in total. The first-order valence-corrected chi connectivity index (χ1v) is 7.01. The topological polar surface area (TPSA) is 18.5 Å². The monoisotopic (exact) mass is 308 g/mol. The van der Waals surface area contributed by atoms with Gasteiger partial charge in [0.15, 0.2) is 6.29 Å². The van der Waals surface area contributed by atoms with E-state index in [0.29, 0.717) is 27.6 Å². The van der Waals surface area contributed by atoms with Crippen LogP contribution < -0.4 is 0 Å². The standard InChI is InChI=1S/C13H15Cl3O2/c1-7-3-13(18-8(7)2)17-6-9-4-11(15)12(16)5-10(9)14/h4-5,7-8,13H,3,6H2,1-2H3/t7-,8+,13?/m1/s1. The molecule has 0 amide bonds. The van der Waals surface area contributed by atoms with Crippen molar-refractivity contribution in [2.45, 2.75) is 39.3 Å². The van der Waals surface area contributed by atoms with E-state index in [1.165, 1.54) is 0 Å². The Bertz CT molecular complexity index is 426. The minimum Gasteiger partial charge on any atom is -0.349 e. The highest BCUT2D eigenvalue weighted by molar-refractivity contribution is 6.43. The molecule has 5 heteroatoms. The Hall–Kier alpha value is 0.01000.